The van der Waals surface area contributed by atoms with Crippen LogP contribution in [0, 0.1) is 0 Å². The third kappa shape index (κ3) is 3.09. The molecular formula is C13H14N2O4. The molecule has 6 heteroatoms. The van der Waals surface area contributed by atoms with Gasteiger partial charge in [0, 0.05) is 7.05 Å². The number of carbonyl (C=O) groups excluding carboxylic acids is 3. The molecule has 6 nitrogen and oxygen atoms in total. The van der Waals surface area contributed by atoms with Crippen LogP contribution in [0.5, 0.6) is 0 Å². The highest BCUT2D eigenvalue weighted by atomic mass is 16.5. The quantitative estimate of drug-likeness (QED) is 0.812. The van der Waals surface area contributed by atoms with Crippen LogP contribution < -0.4 is 5.32 Å². The zero-order chi connectivity index (χ0) is 13.8. The second-order valence-corrected chi connectivity index (χ2v) is 4.25. The van der Waals surface area contributed by atoms with Crippen molar-refractivity contribution in [2.24, 2.45) is 0 Å². The van der Waals surface area contributed by atoms with E-state index in [9.17, 15) is 14.4 Å². The SMILES string of the molecule is CN1C(=O)CC(C(=O)OCc2ccccc2)NC1=O. The molecule has 1 aliphatic rings. The van der Waals surface area contributed by atoms with Crippen molar-refractivity contribution in [2.75, 3.05) is 7.05 Å². The maximum Gasteiger partial charge on any atom is 0.329 e. The van der Waals surface area contributed by atoms with Crippen LogP contribution >= 0.6 is 0 Å². The molecular weight excluding hydrogens is 248 g/mol. The third-order valence-corrected chi connectivity index (χ3v) is 2.86. The van der Waals surface area contributed by atoms with Crippen molar-refractivity contribution in [1.29, 1.82) is 0 Å². The number of hydrogen-bond donors (Lipinski definition) is 1. The number of urea groups is 1. The van der Waals surface area contributed by atoms with Crippen molar-refractivity contribution < 1.29 is 19.1 Å². The van der Waals surface area contributed by atoms with Crippen LogP contribution in [0.2, 0.25) is 0 Å². The number of benzene rings is 1. The summed E-state index contributed by atoms with van der Waals surface area (Å²) in [6, 6.07) is 7.70. The maximum atomic E-state index is 11.8. The molecule has 1 unspecified atom stereocenters. The van der Waals surface area contributed by atoms with Gasteiger partial charge in [0.05, 0.1) is 6.42 Å². The monoisotopic (exact) mass is 262 g/mol. The highest BCUT2D eigenvalue weighted by Crippen LogP contribution is 2.09. The summed E-state index contributed by atoms with van der Waals surface area (Å²) in [5.41, 5.74) is 0.849. The second-order valence-electron chi connectivity index (χ2n) is 4.25. The molecule has 1 atom stereocenters. The van der Waals surface area contributed by atoms with Gasteiger partial charge in [0.25, 0.3) is 0 Å². The Bertz CT molecular complexity index is 483. The van der Waals surface area contributed by atoms with E-state index < -0.39 is 23.9 Å². The fourth-order valence-corrected chi connectivity index (χ4v) is 1.69. The van der Waals surface area contributed by atoms with Crippen molar-refractivity contribution in [3.8, 4) is 0 Å². The Hall–Kier alpha value is -2.37. The first-order valence-corrected chi connectivity index (χ1v) is 5.85. The van der Waals surface area contributed by atoms with Crippen molar-refractivity contribution in [3.05, 3.63) is 35.9 Å². The van der Waals surface area contributed by atoms with E-state index in [1.165, 1.54) is 7.05 Å². The van der Waals surface area contributed by atoms with E-state index in [-0.39, 0.29) is 13.0 Å². The van der Waals surface area contributed by atoms with E-state index in [4.69, 9.17) is 4.74 Å². The zero-order valence-corrected chi connectivity index (χ0v) is 10.5. The largest absolute Gasteiger partial charge is 0.459 e. The minimum atomic E-state index is -0.903. The van der Waals surface area contributed by atoms with Gasteiger partial charge in [-0.05, 0) is 5.56 Å². The van der Waals surface area contributed by atoms with E-state index in [0.29, 0.717) is 0 Å². The Kier molecular flexibility index (Phi) is 3.79. The highest BCUT2D eigenvalue weighted by Gasteiger charge is 2.34. The Balaban J connectivity index is 1.90. The molecule has 1 fully saturated rings. The Labute approximate surface area is 110 Å². The average molecular weight is 262 g/mol. The molecule has 0 bridgehead atoms. The third-order valence-electron chi connectivity index (χ3n) is 2.86. The first-order valence-electron chi connectivity index (χ1n) is 5.85. The number of esters is 1. The van der Waals surface area contributed by atoms with Crippen LogP contribution in [0.3, 0.4) is 0 Å². The topological polar surface area (TPSA) is 75.7 Å². The number of amides is 3. The molecule has 1 aromatic rings. The lowest BCUT2D eigenvalue weighted by Gasteiger charge is -2.27. The molecule has 1 N–H and O–H groups in total. The molecule has 0 spiro atoms. The van der Waals surface area contributed by atoms with E-state index in [1.807, 2.05) is 30.3 Å². The van der Waals surface area contributed by atoms with E-state index >= 15 is 0 Å². The summed E-state index contributed by atoms with van der Waals surface area (Å²) in [6.45, 7) is 0.121. The molecule has 1 aliphatic heterocycles. The van der Waals surface area contributed by atoms with Gasteiger partial charge in [0.15, 0.2) is 0 Å². The Morgan fingerprint density at radius 3 is 2.68 bits per heavy atom. The second kappa shape index (κ2) is 5.51. The summed E-state index contributed by atoms with van der Waals surface area (Å²) >= 11 is 0. The lowest BCUT2D eigenvalue weighted by Crippen LogP contribution is -2.56. The van der Waals surface area contributed by atoms with Gasteiger partial charge in [0.2, 0.25) is 5.91 Å². The Morgan fingerprint density at radius 1 is 1.37 bits per heavy atom. The van der Waals surface area contributed by atoms with Gasteiger partial charge in [-0.3, -0.25) is 9.69 Å². The molecule has 2 rings (SSSR count). The number of imide groups is 1. The van der Waals surface area contributed by atoms with Crippen LogP contribution in [0.25, 0.3) is 0 Å². The normalized spacial score (nSPS) is 19.0. The highest BCUT2D eigenvalue weighted by molar-refractivity contribution is 6.01. The maximum absolute atomic E-state index is 11.8. The lowest BCUT2D eigenvalue weighted by atomic mass is 10.1. The molecule has 19 heavy (non-hydrogen) atoms. The molecule has 0 aliphatic carbocycles. The van der Waals surface area contributed by atoms with Crippen molar-refractivity contribution in [3.63, 3.8) is 0 Å². The van der Waals surface area contributed by atoms with Gasteiger partial charge >= 0.3 is 12.0 Å². The van der Waals surface area contributed by atoms with Crippen molar-refractivity contribution in [1.82, 2.24) is 10.2 Å². The summed E-state index contributed by atoms with van der Waals surface area (Å²) in [7, 11) is 1.36. The standard InChI is InChI=1S/C13H14N2O4/c1-15-11(16)7-10(14-13(15)18)12(17)19-8-9-5-3-2-4-6-9/h2-6,10H,7-8H2,1H3,(H,14,18). The van der Waals surface area contributed by atoms with Crippen LogP contribution in [0.1, 0.15) is 12.0 Å². The fraction of sp³-hybridized carbons (Fsp3) is 0.308. The minimum Gasteiger partial charge on any atom is -0.459 e. The van der Waals surface area contributed by atoms with Crippen LogP contribution in [0.4, 0.5) is 4.79 Å². The number of carbonyl (C=O) groups is 3. The van der Waals surface area contributed by atoms with E-state index in [1.54, 1.807) is 0 Å². The summed E-state index contributed by atoms with van der Waals surface area (Å²) in [5.74, 6) is -0.996. The van der Waals surface area contributed by atoms with Gasteiger partial charge < -0.3 is 10.1 Å². The molecule has 0 radical (unpaired) electrons. The minimum absolute atomic E-state index is 0.0735. The van der Waals surface area contributed by atoms with Crippen molar-refractivity contribution >= 4 is 17.9 Å². The van der Waals surface area contributed by atoms with Gasteiger partial charge in [0.1, 0.15) is 12.6 Å². The Morgan fingerprint density at radius 2 is 2.05 bits per heavy atom. The van der Waals surface area contributed by atoms with Gasteiger partial charge in [-0.2, -0.15) is 0 Å². The average Bonchev–Trinajstić information content (AvgIpc) is 2.42. The first-order chi connectivity index (χ1) is 9.08. The van der Waals surface area contributed by atoms with E-state index in [0.717, 1.165) is 10.5 Å². The predicted molar refractivity (Wildman–Crippen MR) is 65.9 cm³/mol. The fourth-order valence-electron chi connectivity index (χ4n) is 1.69. The van der Waals surface area contributed by atoms with Crippen LogP contribution in [-0.2, 0) is 20.9 Å². The van der Waals surface area contributed by atoms with E-state index in [2.05, 4.69) is 5.32 Å². The molecule has 1 saturated heterocycles. The molecule has 1 heterocycles. The summed E-state index contributed by atoms with van der Waals surface area (Å²) in [5, 5.41) is 2.42. The van der Waals surface area contributed by atoms with Gasteiger partial charge in [-0.25, -0.2) is 9.59 Å². The van der Waals surface area contributed by atoms with Gasteiger partial charge in [-0.15, -0.1) is 0 Å². The summed E-state index contributed by atoms with van der Waals surface area (Å²) in [4.78, 5) is 35.5. The number of rotatable bonds is 3. The number of hydrogen-bond acceptors (Lipinski definition) is 4. The molecule has 0 aromatic heterocycles. The molecule has 3 amide bonds. The van der Waals surface area contributed by atoms with Crippen LogP contribution in [0.15, 0.2) is 30.3 Å². The summed E-state index contributed by atoms with van der Waals surface area (Å²) < 4.78 is 5.08. The van der Waals surface area contributed by atoms with Gasteiger partial charge in [-0.1, -0.05) is 30.3 Å². The summed E-state index contributed by atoms with van der Waals surface area (Å²) in [6.07, 6.45) is -0.0735. The van der Waals surface area contributed by atoms with Crippen LogP contribution in [-0.4, -0.2) is 35.9 Å². The predicted octanol–water partition coefficient (Wildman–Crippen LogP) is 0.670. The molecule has 1 aromatic carbocycles. The number of nitrogens with one attached hydrogen (secondary N) is 1. The zero-order valence-electron chi connectivity index (χ0n) is 10.5. The first kappa shape index (κ1) is 13.1. The number of ether oxygens (including phenoxy) is 1. The lowest BCUT2D eigenvalue weighted by molar-refractivity contribution is -0.150. The number of nitrogens with zero attached hydrogens (tertiary/aromatic N) is 1. The van der Waals surface area contributed by atoms with Crippen molar-refractivity contribution in [2.45, 2.75) is 19.1 Å². The molecule has 100 valence electrons. The molecule has 0 saturated carbocycles. The smallest absolute Gasteiger partial charge is 0.329 e.